The molecule has 0 aliphatic rings. The van der Waals surface area contributed by atoms with E-state index >= 15 is 0 Å². The van der Waals surface area contributed by atoms with Crippen molar-refractivity contribution in [1.29, 1.82) is 0 Å². The lowest BCUT2D eigenvalue weighted by molar-refractivity contribution is 0.221. The average molecular weight is 227 g/mol. The van der Waals surface area contributed by atoms with Crippen LogP contribution >= 0.6 is 0 Å². The summed E-state index contributed by atoms with van der Waals surface area (Å²) in [4.78, 5) is 0. The van der Waals surface area contributed by atoms with E-state index in [1.54, 1.807) is 6.07 Å². The Labute approximate surface area is 95.7 Å². The van der Waals surface area contributed by atoms with Crippen LogP contribution in [0.15, 0.2) is 18.2 Å². The standard InChI is InChI=1S/C13H19F2N/c1-13(2,15)11-6-7-12(14)10(9-11)5-3-4-8-16/h6-7,9H,3-5,8,16H2,1-2H3. The number of hydrogen-bond donors (Lipinski definition) is 1. The minimum Gasteiger partial charge on any atom is -0.330 e. The molecule has 1 aromatic carbocycles. The Morgan fingerprint density at radius 2 is 1.94 bits per heavy atom. The Balaban J connectivity index is 2.83. The number of rotatable bonds is 5. The SMILES string of the molecule is CC(C)(F)c1ccc(F)c(CCCCN)c1. The molecule has 0 fully saturated rings. The van der Waals surface area contributed by atoms with Gasteiger partial charge in [-0.2, -0.15) is 0 Å². The maximum absolute atomic E-state index is 13.7. The Bertz CT molecular complexity index is 342. The molecule has 0 aliphatic carbocycles. The predicted molar refractivity (Wildman–Crippen MR) is 62.5 cm³/mol. The van der Waals surface area contributed by atoms with Gasteiger partial charge in [0.05, 0.1) is 0 Å². The molecule has 2 N–H and O–H groups in total. The van der Waals surface area contributed by atoms with Crippen LogP contribution in [0.3, 0.4) is 0 Å². The highest BCUT2D eigenvalue weighted by Gasteiger charge is 2.19. The summed E-state index contributed by atoms with van der Waals surface area (Å²) >= 11 is 0. The third-order valence-corrected chi connectivity index (χ3v) is 2.63. The molecule has 0 unspecified atom stereocenters. The van der Waals surface area contributed by atoms with Crippen molar-refractivity contribution in [3.05, 3.63) is 35.1 Å². The fourth-order valence-corrected chi connectivity index (χ4v) is 1.60. The van der Waals surface area contributed by atoms with Gasteiger partial charge in [-0.3, -0.25) is 0 Å². The number of alkyl halides is 1. The van der Waals surface area contributed by atoms with E-state index in [4.69, 9.17) is 5.73 Å². The van der Waals surface area contributed by atoms with Crippen molar-refractivity contribution in [2.75, 3.05) is 6.54 Å². The van der Waals surface area contributed by atoms with Gasteiger partial charge in [0.2, 0.25) is 0 Å². The molecule has 16 heavy (non-hydrogen) atoms. The molecule has 0 aromatic heterocycles. The Hall–Kier alpha value is -0.960. The van der Waals surface area contributed by atoms with Gasteiger partial charge in [0.1, 0.15) is 11.5 Å². The normalized spacial score (nSPS) is 11.8. The van der Waals surface area contributed by atoms with E-state index < -0.39 is 5.67 Å². The molecule has 3 heteroatoms. The smallest absolute Gasteiger partial charge is 0.130 e. The van der Waals surface area contributed by atoms with Gasteiger partial charge >= 0.3 is 0 Å². The number of benzene rings is 1. The van der Waals surface area contributed by atoms with Crippen molar-refractivity contribution in [2.45, 2.75) is 38.8 Å². The summed E-state index contributed by atoms with van der Waals surface area (Å²) in [5.41, 5.74) is 5.06. The van der Waals surface area contributed by atoms with Crippen LogP contribution in [0.2, 0.25) is 0 Å². The second-order valence-corrected chi connectivity index (χ2v) is 4.52. The molecule has 0 radical (unpaired) electrons. The van der Waals surface area contributed by atoms with Gasteiger partial charge in [0, 0.05) is 0 Å². The minimum atomic E-state index is -1.42. The van der Waals surface area contributed by atoms with Crippen LogP contribution in [0.5, 0.6) is 0 Å². The molecule has 1 nitrogen and oxygen atoms in total. The molecule has 0 atom stereocenters. The van der Waals surface area contributed by atoms with E-state index in [1.165, 1.54) is 26.0 Å². The Kier molecular flexibility index (Phi) is 4.42. The van der Waals surface area contributed by atoms with Crippen molar-refractivity contribution < 1.29 is 8.78 Å². The first-order valence-corrected chi connectivity index (χ1v) is 5.63. The molecule has 1 aromatic rings. The largest absolute Gasteiger partial charge is 0.330 e. The summed E-state index contributed by atoms with van der Waals surface area (Å²) < 4.78 is 27.1. The second-order valence-electron chi connectivity index (χ2n) is 4.52. The summed E-state index contributed by atoms with van der Waals surface area (Å²) in [6.45, 7) is 3.56. The second kappa shape index (κ2) is 5.39. The summed E-state index contributed by atoms with van der Waals surface area (Å²) in [7, 11) is 0. The van der Waals surface area contributed by atoms with Gasteiger partial charge < -0.3 is 5.73 Å². The first kappa shape index (κ1) is 13.1. The van der Waals surface area contributed by atoms with Gasteiger partial charge in [-0.1, -0.05) is 6.07 Å². The summed E-state index contributed by atoms with van der Waals surface area (Å²) in [6.07, 6.45) is 2.32. The highest BCUT2D eigenvalue weighted by Crippen LogP contribution is 2.26. The van der Waals surface area contributed by atoms with Crippen LogP contribution in [0, 0.1) is 5.82 Å². The first-order valence-electron chi connectivity index (χ1n) is 5.63. The van der Waals surface area contributed by atoms with Crippen molar-refractivity contribution >= 4 is 0 Å². The van der Waals surface area contributed by atoms with Gasteiger partial charge in [-0.05, 0) is 62.9 Å². The molecular weight excluding hydrogens is 208 g/mol. The zero-order valence-electron chi connectivity index (χ0n) is 9.89. The summed E-state index contributed by atoms with van der Waals surface area (Å²) in [5, 5.41) is 0. The van der Waals surface area contributed by atoms with E-state index in [2.05, 4.69) is 0 Å². The molecule has 1 rings (SSSR count). The molecule has 90 valence electrons. The third kappa shape index (κ3) is 3.56. The van der Waals surface area contributed by atoms with Gasteiger partial charge in [-0.25, -0.2) is 8.78 Å². The van der Waals surface area contributed by atoms with Gasteiger partial charge in [0.25, 0.3) is 0 Å². The van der Waals surface area contributed by atoms with Crippen molar-refractivity contribution in [3.8, 4) is 0 Å². The molecule has 0 bridgehead atoms. The topological polar surface area (TPSA) is 26.0 Å². The predicted octanol–water partition coefficient (Wildman–Crippen LogP) is 3.31. The average Bonchev–Trinajstić information content (AvgIpc) is 2.19. The lowest BCUT2D eigenvalue weighted by Crippen LogP contribution is -2.10. The van der Waals surface area contributed by atoms with Crippen molar-refractivity contribution in [3.63, 3.8) is 0 Å². The van der Waals surface area contributed by atoms with Gasteiger partial charge in [0.15, 0.2) is 0 Å². The van der Waals surface area contributed by atoms with Crippen molar-refractivity contribution in [1.82, 2.24) is 0 Å². The van der Waals surface area contributed by atoms with Crippen molar-refractivity contribution in [2.24, 2.45) is 5.73 Å². The van der Waals surface area contributed by atoms with E-state index in [-0.39, 0.29) is 5.82 Å². The lowest BCUT2D eigenvalue weighted by atomic mass is 9.96. The van der Waals surface area contributed by atoms with Crippen LogP contribution in [-0.4, -0.2) is 6.54 Å². The molecule has 0 aliphatic heterocycles. The summed E-state index contributed by atoms with van der Waals surface area (Å²) in [5.74, 6) is -0.259. The number of unbranched alkanes of at least 4 members (excludes halogenated alkanes) is 1. The zero-order valence-corrected chi connectivity index (χ0v) is 9.89. The maximum Gasteiger partial charge on any atom is 0.130 e. The fourth-order valence-electron chi connectivity index (χ4n) is 1.60. The highest BCUT2D eigenvalue weighted by atomic mass is 19.1. The zero-order chi connectivity index (χ0) is 12.2. The monoisotopic (exact) mass is 227 g/mol. The molecule has 0 heterocycles. The molecule has 0 saturated heterocycles. The van der Waals surface area contributed by atoms with Crippen LogP contribution in [0.25, 0.3) is 0 Å². The summed E-state index contributed by atoms with van der Waals surface area (Å²) in [6, 6.07) is 4.46. The Morgan fingerprint density at radius 1 is 1.25 bits per heavy atom. The molecular formula is C13H19F2N. The molecule has 0 spiro atoms. The van der Waals surface area contributed by atoms with Crippen LogP contribution in [0.4, 0.5) is 8.78 Å². The quantitative estimate of drug-likeness (QED) is 0.767. The van der Waals surface area contributed by atoms with E-state index in [9.17, 15) is 8.78 Å². The first-order chi connectivity index (χ1) is 7.45. The maximum atomic E-state index is 13.7. The minimum absolute atomic E-state index is 0.259. The fraction of sp³-hybridized carbons (Fsp3) is 0.538. The van der Waals surface area contributed by atoms with Crippen LogP contribution < -0.4 is 5.73 Å². The van der Waals surface area contributed by atoms with E-state index in [0.717, 1.165) is 12.8 Å². The molecule has 0 saturated carbocycles. The number of nitrogens with two attached hydrogens (primary N) is 1. The number of aryl methyl sites for hydroxylation is 1. The molecule has 0 amide bonds. The lowest BCUT2D eigenvalue weighted by Gasteiger charge is -2.16. The third-order valence-electron chi connectivity index (χ3n) is 2.63. The van der Waals surface area contributed by atoms with Gasteiger partial charge in [-0.15, -0.1) is 0 Å². The van der Waals surface area contributed by atoms with Crippen LogP contribution in [0.1, 0.15) is 37.8 Å². The van der Waals surface area contributed by atoms with Crippen LogP contribution in [-0.2, 0) is 12.1 Å². The van der Waals surface area contributed by atoms with E-state index in [1.807, 2.05) is 0 Å². The number of hydrogen-bond acceptors (Lipinski definition) is 1. The number of halogens is 2. The highest BCUT2D eigenvalue weighted by molar-refractivity contribution is 5.28. The van der Waals surface area contributed by atoms with E-state index in [0.29, 0.717) is 24.1 Å². The Morgan fingerprint density at radius 3 is 2.50 bits per heavy atom.